The van der Waals surface area contributed by atoms with Gasteiger partial charge < -0.3 is 14.5 Å². The summed E-state index contributed by atoms with van der Waals surface area (Å²) in [6, 6.07) is 15.7. The Hall–Kier alpha value is -3.43. The third-order valence-corrected chi connectivity index (χ3v) is 6.39. The van der Waals surface area contributed by atoms with E-state index in [1.807, 2.05) is 6.92 Å². The highest BCUT2D eigenvalue weighted by atomic mass is 32.2. The van der Waals surface area contributed by atoms with E-state index in [1.165, 1.54) is 25.3 Å². The van der Waals surface area contributed by atoms with Crippen molar-refractivity contribution in [3.05, 3.63) is 78.3 Å². The highest BCUT2D eigenvalue weighted by Crippen LogP contribution is 2.22. The number of carbonyl (C=O) groups excluding carboxylic acids is 2. The molecular formula is C23H24N2O6S. The topological polar surface area (TPSA) is 106 Å². The largest absolute Gasteiger partial charge is 0.494 e. The summed E-state index contributed by atoms with van der Waals surface area (Å²) in [6.07, 6.45) is 1.44. The summed E-state index contributed by atoms with van der Waals surface area (Å²) >= 11 is 0. The number of Topliss-reactive ketones (excluding diaryl/α,β-unsaturated/α-hetero) is 1. The molecule has 3 rings (SSSR count). The lowest BCUT2D eigenvalue weighted by molar-refractivity contribution is -0.116. The predicted molar refractivity (Wildman–Crippen MR) is 119 cm³/mol. The second-order valence-electron chi connectivity index (χ2n) is 6.94. The Labute approximate surface area is 186 Å². The van der Waals surface area contributed by atoms with Crippen LogP contribution in [0.2, 0.25) is 0 Å². The molecule has 3 aromatic rings. The fraction of sp³-hybridized carbons (Fsp3) is 0.217. The number of rotatable bonds is 10. The van der Waals surface area contributed by atoms with Crippen LogP contribution in [0.1, 0.15) is 30.0 Å². The van der Waals surface area contributed by atoms with Gasteiger partial charge in [-0.25, -0.2) is 8.42 Å². The summed E-state index contributed by atoms with van der Waals surface area (Å²) in [7, 11) is -4.00. The molecule has 0 bridgehead atoms. The molecule has 0 spiro atoms. The Morgan fingerprint density at radius 2 is 1.72 bits per heavy atom. The summed E-state index contributed by atoms with van der Waals surface area (Å²) < 4.78 is 38.2. The zero-order valence-electron chi connectivity index (χ0n) is 17.8. The molecular weight excluding hydrogens is 432 g/mol. The van der Waals surface area contributed by atoms with Crippen LogP contribution in [0.15, 0.2) is 76.2 Å². The molecule has 1 aromatic heterocycles. The molecule has 0 aliphatic carbocycles. The van der Waals surface area contributed by atoms with Crippen molar-refractivity contribution in [2.75, 3.05) is 18.5 Å². The quantitative estimate of drug-likeness (QED) is 0.466. The van der Waals surface area contributed by atoms with Gasteiger partial charge in [-0.15, -0.1) is 0 Å². The summed E-state index contributed by atoms with van der Waals surface area (Å²) in [5.74, 6) is 0.337. The van der Waals surface area contributed by atoms with Crippen molar-refractivity contribution in [2.45, 2.75) is 25.3 Å². The van der Waals surface area contributed by atoms with Crippen molar-refractivity contribution >= 4 is 27.4 Å². The number of amides is 1. The molecule has 0 radical (unpaired) electrons. The van der Waals surface area contributed by atoms with Crippen molar-refractivity contribution in [3.63, 3.8) is 0 Å². The number of furan rings is 1. The van der Waals surface area contributed by atoms with Crippen molar-refractivity contribution in [1.82, 2.24) is 4.31 Å². The molecule has 0 aliphatic heterocycles. The second-order valence-corrected chi connectivity index (χ2v) is 8.88. The van der Waals surface area contributed by atoms with Gasteiger partial charge in [-0.3, -0.25) is 9.59 Å². The highest BCUT2D eigenvalue weighted by Gasteiger charge is 2.28. The van der Waals surface area contributed by atoms with Crippen molar-refractivity contribution < 1.29 is 27.2 Å². The first kappa shape index (κ1) is 23.2. The first-order valence-electron chi connectivity index (χ1n) is 9.96. The van der Waals surface area contributed by atoms with Crippen LogP contribution in [0.5, 0.6) is 5.75 Å². The summed E-state index contributed by atoms with van der Waals surface area (Å²) in [5, 5.41) is 2.66. The Morgan fingerprint density at radius 1 is 1.03 bits per heavy atom. The average molecular weight is 457 g/mol. The third-order valence-electron chi connectivity index (χ3n) is 4.58. The molecule has 0 aliphatic rings. The normalized spacial score (nSPS) is 11.3. The number of carbonyl (C=O) groups is 2. The van der Waals surface area contributed by atoms with Crippen LogP contribution >= 0.6 is 0 Å². The average Bonchev–Trinajstić information content (AvgIpc) is 3.27. The molecule has 0 atom stereocenters. The predicted octanol–water partition coefficient (Wildman–Crippen LogP) is 3.71. The molecule has 1 amide bonds. The summed E-state index contributed by atoms with van der Waals surface area (Å²) in [4.78, 5) is 24.1. The molecule has 9 heteroatoms. The summed E-state index contributed by atoms with van der Waals surface area (Å²) in [5.41, 5.74) is 0.969. The number of nitrogens with zero attached hydrogens (tertiary/aromatic N) is 1. The van der Waals surface area contributed by atoms with Crippen LogP contribution in [0.3, 0.4) is 0 Å². The molecule has 32 heavy (non-hydrogen) atoms. The highest BCUT2D eigenvalue weighted by molar-refractivity contribution is 7.89. The number of ether oxygens (including phenoxy) is 1. The standard InChI is InChI=1S/C23H24N2O6S/c1-3-30-20-10-12-22(13-11-20)32(28,29)25(15-21-5-4-14-31-21)16-23(27)24-19-8-6-18(7-9-19)17(2)26/h4-14H,3,15-16H2,1-2H3,(H,24,27). The molecule has 0 unspecified atom stereocenters. The molecule has 1 heterocycles. The minimum absolute atomic E-state index is 0.0334. The van der Waals surface area contributed by atoms with E-state index in [0.717, 1.165) is 4.31 Å². The smallest absolute Gasteiger partial charge is 0.243 e. The number of sulfonamides is 1. The van der Waals surface area contributed by atoms with E-state index in [4.69, 9.17) is 9.15 Å². The van der Waals surface area contributed by atoms with E-state index in [9.17, 15) is 18.0 Å². The zero-order valence-corrected chi connectivity index (χ0v) is 18.6. The van der Waals surface area contributed by atoms with Gasteiger partial charge in [-0.05, 0) is 74.5 Å². The maximum absolute atomic E-state index is 13.3. The van der Waals surface area contributed by atoms with Crippen LogP contribution in [0, 0.1) is 0 Å². The maximum Gasteiger partial charge on any atom is 0.243 e. The van der Waals surface area contributed by atoms with Gasteiger partial charge in [0, 0.05) is 11.3 Å². The lowest BCUT2D eigenvalue weighted by Gasteiger charge is -2.21. The van der Waals surface area contributed by atoms with Gasteiger partial charge in [0.15, 0.2) is 5.78 Å². The Balaban J connectivity index is 1.80. The third kappa shape index (κ3) is 5.83. The minimum atomic E-state index is -4.00. The molecule has 0 saturated heterocycles. The van der Waals surface area contributed by atoms with E-state index < -0.39 is 22.5 Å². The number of anilines is 1. The van der Waals surface area contributed by atoms with E-state index in [2.05, 4.69) is 5.32 Å². The van der Waals surface area contributed by atoms with Gasteiger partial charge in [-0.1, -0.05) is 0 Å². The van der Waals surface area contributed by atoms with Crippen LogP contribution in [-0.2, 0) is 21.4 Å². The van der Waals surface area contributed by atoms with E-state index >= 15 is 0 Å². The summed E-state index contributed by atoms with van der Waals surface area (Å²) in [6.45, 7) is 3.21. The van der Waals surface area contributed by atoms with Crippen molar-refractivity contribution in [2.24, 2.45) is 0 Å². The first-order chi connectivity index (χ1) is 15.3. The molecule has 2 aromatic carbocycles. The molecule has 0 saturated carbocycles. The SMILES string of the molecule is CCOc1ccc(S(=O)(=O)N(CC(=O)Nc2ccc(C(C)=O)cc2)Cc2ccco2)cc1. The van der Waals surface area contributed by atoms with Crippen molar-refractivity contribution in [3.8, 4) is 5.75 Å². The fourth-order valence-electron chi connectivity index (χ4n) is 2.97. The van der Waals surface area contributed by atoms with E-state index in [-0.39, 0.29) is 17.2 Å². The van der Waals surface area contributed by atoms with E-state index in [1.54, 1.807) is 48.5 Å². The zero-order chi connectivity index (χ0) is 23.1. The molecule has 168 valence electrons. The monoisotopic (exact) mass is 456 g/mol. The number of hydrogen-bond donors (Lipinski definition) is 1. The van der Waals surface area contributed by atoms with Gasteiger partial charge in [0.05, 0.1) is 30.9 Å². The lowest BCUT2D eigenvalue weighted by Crippen LogP contribution is -2.37. The van der Waals surface area contributed by atoms with Crippen LogP contribution in [0.25, 0.3) is 0 Å². The second kappa shape index (κ2) is 10.3. The minimum Gasteiger partial charge on any atom is -0.494 e. The Kier molecular flexibility index (Phi) is 7.45. The first-order valence-corrected chi connectivity index (χ1v) is 11.4. The van der Waals surface area contributed by atoms with Gasteiger partial charge in [0.1, 0.15) is 11.5 Å². The van der Waals surface area contributed by atoms with E-state index in [0.29, 0.717) is 29.4 Å². The lowest BCUT2D eigenvalue weighted by atomic mass is 10.1. The van der Waals surface area contributed by atoms with Crippen LogP contribution in [0.4, 0.5) is 5.69 Å². The van der Waals surface area contributed by atoms with Gasteiger partial charge >= 0.3 is 0 Å². The van der Waals surface area contributed by atoms with Crippen LogP contribution < -0.4 is 10.1 Å². The van der Waals surface area contributed by atoms with Crippen molar-refractivity contribution in [1.29, 1.82) is 0 Å². The number of benzene rings is 2. The molecule has 0 fully saturated rings. The Morgan fingerprint density at radius 3 is 2.28 bits per heavy atom. The van der Waals surface area contributed by atoms with Gasteiger partial charge in [-0.2, -0.15) is 4.31 Å². The number of hydrogen-bond acceptors (Lipinski definition) is 6. The Bertz CT molecular complexity index is 1150. The van der Waals surface area contributed by atoms with Gasteiger partial charge in [0.25, 0.3) is 0 Å². The van der Waals surface area contributed by atoms with Crippen LogP contribution in [-0.4, -0.2) is 37.6 Å². The molecule has 1 N–H and O–H groups in total. The molecule has 8 nitrogen and oxygen atoms in total. The number of ketones is 1. The maximum atomic E-state index is 13.3. The fourth-order valence-corrected chi connectivity index (χ4v) is 4.34. The number of nitrogens with one attached hydrogen (secondary N) is 1. The van der Waals surface area contributed by atoms with Gasteiger partial charge in [0.2, 0.25) is 15.9 Å².